The summed E-state index contributed by atoms with van der Waals surface area (Å²) in [7, 11) is 0. The molecule has 0 amide bonds. The van der Waals surface area contributed by atoms with Crippen molar-refractivity contribution in [2.45, 2.75) is 0 Å². The van der Waals surface area contributed by atoms with Crippen LogP contribution in [0.5, 0.6) is 0 Å². The van der Waals surface area contributed by atoms with Gasteiger partial charge in [-0.15, -0.1) is 5.10 Å². The molecule has 0 aliphatic carbocycles. The highest BCUT2D eigenvalue weighted by molar-refractivity contribution is 8.29. The van der Waals surface area contributed by atoms with Gasteiger partial charge in [0.25, 0.3) is 0 Å². The first-order valence-corrected chi connectivity index (χ1v) is 12.0. The Labute approximate surface area is 213 Å². The van der Waals surface area contributed by atoms with Gasteiger partial charge in [0.15, 0.2) is 5.84 Å². The molecule has 0 N–H and O–H groups in total. The first-order valence-electron chi connectivity index (χ1n) is 11.2. The van der Waals surface area contributed by atoms with Gasteiger partial charge >= 0.3 is 0 Å². The van der Waals surface area contributed by atoms with E-state index in [0.29, 0.717) is 16.6 Å². The fourth-order valence-electron chi connectivity index (χ4n) is 3.44. The molecule has 6 nitrogen and oxygen atoms in total. The van der Waals surface area contributed by atoms with Crippen molar-refractivity contribution in [3.8, 4) is 6.07 Å². The average Bonchev–Trinajstić information content (AvgIpc) is 3.26. The molecular weight excluding hydrogens is 464 g/mol. The van der Waals surface area contributed by atoms with Crippen LogP contribution in [0.25, 0.3) is 0 Å². The Morgan fingerprint density at radius 3 is 1.89 bits per heavy atom. The van der Waals surface area contributed by atoms with Crippen LogP contribution in [-0.2, 0) is 0 Å². The molecule has 0 bridgehead atoms. The summed E-state index contributed by atoms with van der Waals surface area (Å²) >= 11 is 1.42. The fraction of sp³-hybridized carbons (Fsp3) is 0. The van der Waals surface area contributed by atoms with Gasteiger partial charge in [0.2, 0.25) is 5.17 Å². The lowest BCUT2D eigenvalue weighted by molar-refractivity contribution is 1.24. The lowest BCUT2D eigenvalue weighted by atomic mass is 10.2. The lowest BCUT2D eigenvalue weighted by Gasteiger charge is -2.17. The predicted octanol–water partition coefficient (Wildman–Crippen LogP) is 6.96. The molecule has 0 radical (unpaired) electrons. The number of hydrogen-bond acceptors (Lipinski definition) is 6. The Hall–Kier alpha value is -4.80. The summed E-state index contributed by atoms with van der Waals surface area (Å²) in [6, 6.07) is 38.8. The second kappa shape index (κ2) is 11.1. The van der Waals surface area contributed by atoms with Crippen LogP contribution < -0.4 is 4.90 Å². The fourth-order valence-corrected chi connectivity index (χ4v) is 4.37. The summed E-state index contributed by atoms with van der Waals surface area (Å²) in [5.74, 6) is 0.675. The lowest BCUT2D eigenvalue weighted by Crippen LogP contribution is -2.30. The van der Waals surface area contributed by atoms with Gasteiger partial charge in [0, 0.05) is 5.69 Å². The van der Waals surface area contributed by atoms with Crippen LogP contribution >= 0.6 is 11.8 Å². The number of nitriles is 1. The zero-order chi connectivity index (χ0) is 24.6. The Kier molecular flexibility index (Phi) is 7.07. The molecule has 0 spiro atoms. The van der Waals surface area contributed by atoms with Gasteiger partial charge in [-0.1, -0.05) is 66.7 Å². The van der Waals surface area contributed by atoms with Gasteiger partial charge in [-0.05, 0) is 65.9 Å². The third kappa shape index (κ3) is 5.46. The molecule has 1 aliphatic rings. The second-order valence-electron chi connectivity index (χ2n) is 7.66. The number of para-hydroxylation sites is 3. The van der Waals surface area contributed by atoms with Crippen molar-refractivity contribution >= 4 is 51.1 Å². The number of amidine groups is 2. The number of nitrogens with zero attached hydrogens (tertiary/aromatic N) is 6. The molecule has 4 aromatic rings. The van der Waals surface area contributed by atoms with E-state index in [2.05, 4.69) is 16.3 Å². The summed E-state index contributed by atoms with van der Waals surface area (Å²) in [5, 5.41) is 19.3. The topological polar surface area (TPSA) is 76.5 Å². The van der Waals surface area contributed by atoms with Crippen molar-refractivity contribution in [1.82, 2.24) is 0 Å². The minimum Gasteiger partial charge on any atom is -0.269 e. The maximum Gasteiger partial charge on any atom is 0.202 e. The van der Waals surface area contributed by atoms with Gasteiger partial charge in [0.05, 0.1) is 29.2 Å². The van der Waals surface area contributed by atoms with E-state index in [1.165, 1.54) is 11.8 Å². The number of aliphatic imine (C=N–C) groups is 2. The van der Waals surface area contributed by atoms with Crippen molar-refractivity contribution in [1.29, 1.82) is 5.26 Å². The minimum absolute atomic E-state index is 0.601. The van der Waals surface area contributed by atoms with Gasteiger partial charge in [-0.25, -0.2) is 9.98 Å². The first-order chi connectivity index (χ1) is 17.8. The van der Waals surface area contributed by atoms with Gasteiger partial charge in [0.1, 0.15) is 5.04 Å². The Morgan fingerprint density at radius 1 is 0.694 bits per heavy atom. The molecule has 5 rings (SSSR count). The van der Waals surface area contributed by atoms with Crippen LogP contribution in [0.15, 0.2) is 135 Å². The molecule has 1 aliphatic heterocycles. The summed E-state index contributed by atoms with van der Waals surface area (Å²) < 4.78 is 0. The first kappa shape index (κ1) is 23.0. The van der Waals surface area contributed by atoms with E-state index in [0.717, 1.165) is 27.7 Å². The SMILES string of the molecule is N#Cc1ccc(/C=N\N=C2\SC(=Nc3ccccc3)C(=Nc3ccccc3)N2c2ccccc2)cc1. The van der Waals surface area contributed by atoms with Crippen LogP contribution in [-0.4, -0.2) is 22.3 Å². The van der Waals surface area contributed by atoms with Crippen LogP contribution in [0.1, 0.15) is 11.1 Å². The Morgan fingerprint density at radius 2 is 1.28 bits per heavy atom. The number of thioether (sulfide) groups is 1. The molecule has 0 saturated carbocycles. The zero-order valence-corrected chi connectivity index (χ0v) is 20.0. The van der Waals surface area contributed by atoms with Crippen LogP contribution in [0.2, 0.25) is 0 Å². The zero-order valence-electron chi connectivity index (χ0n) is 19.1. The van der Waals surface area contributed by atoms with E-state index < -0.39 is 0 Å². The van der Waals surface area contributed by atoms with Gasteiger partial charge in [-0.2, -0.15) is 10.4 Å². The summed E-state index contributed by atoms with van der Waals surface area (Å²) in [4.78, 5) is 11.8. The van der Waals surface area contributed by atoms with E-state index in [-0.39, 0.29) is 0 Å². The molecule has 1 fully saturated rings. The van der Waals surface area contributed by atoms with Gasteiger partial charge < -0.3 is 0 Å². The largest absolute Gasteiger partial charge is 0.269 e. The quantitative estimate of drug-likeness (QED) is 0.227. The molecule has 36 heavy (non-hydrogen) atoms. The molecular formula is C29H20N6S. The molecule has 0 atom stereocenters. The second-order valence-corrected chi connectivity index (χ2v) is 8.61. The highest BCUT2D eigenvalue weighted by Gasteiger charge is 2.34. The third-order valence-electron chi connectivity index (χ3n) is 5.16. The van der Waals surface area contributed by atoms with E-state index in [9.17, 15) is 0 Å². The van der Waals surface area contributed by atoms with Crippen molar-refractivity contribution in [3.63, 3.8) is 0 Å². The number of hydrogen-bond donors (Lipinski definition) is 0. The number of rotatable bonds is 5. The Balaban J connectivity index is 1.59. The molecule has 4 aromatic carbocycles. The highest BCUT2D eigenvalue weighted by atomic mass is 32.2. The van der Waals surface area contributed by atoms with E-state index in [1.54, 1.807) is 18.3 Å². The average molecular weight is 485 g/mol. The van der Waals surface area contributed by atoms with Crippen LogP contribution in [0, 0.1) is 11.3 Å². The maximum atomic E-state index is 9.01. The number of anilines is 1. The van der Waals surface area contributed by atoms with E-state index in [1.807, 2.05) is 108 Å². The normalized spacial score (nSPS) is 16.8. The molecule has 1 saturated heterocycles. The summed E-state index contributed by atoms with van der Waals surface area (Å²) in [6.07, 6.45) is 1.66. The summed E-state index contributed by atoms with van der Waals surface area (Å²) in [5.41, 5.74) is 4.01. The molecule has 172 valence electrons. The van der Waals surface area contributed by atoms with Crippen molar-refractivity contribution < 1.29 is 0 Å². The monoisotopic (exact) mass is 484 g/mol. The van der Waals surface area contributed by atoms with Crippen LogP contribution in [0.3, 0.4) is 0 Å². The van der Waals surface area contributed by atoms with Crippen molar-refractivity contribution in [2.24, 2.45) is 20.2 Å². The number of benzene rings is 4. The van der Waals surface area contributed by atoms with Gasteiger partial charge in [-0.3, -0.25) is 4.90 Å². The Bertz CT molecular complexity index is 1490. The molecule has 1 heterocycles. The molecule has 7 heteroatoms. The van der Waals surface area contributed by atoms with Crippen molar-refractivity contribution in [3.05, 3.63) is 126 Å². The highest BCUT2D eigenvalue weighted by Crippen LogP contribution is 2.33. The molecule has 0 unspecified atom stereocenters. The third-order valence-corrected chi connectivity index (χ3v) is 6.08. The van der Waals surface area contributed by atoms with Crippen molar-refractivity contribution in [2.75, 3.05) is 4.90 Å². The minimum atomic E-state index is 0.601. The molecule has 0 aromatic heterocycles. The predicted molar refractivity (Wildman–Crippen MR) is 150 cm³/mol. The smallest absolute Gasteiger partial charge is 0.202 e. The van der Waals surface area contributed by atoms with E-state index >= 15 is 0 Å². The summed E-state index contributed by atoms with van der Waals surface area (Å²) in [6.45, 7) is 0. The standard InChI is InChI=1S/C29H20N6S/c30-20-22-16-18-23(19-17-22)21-31-34-29-35(26-14-8-3-9-15-26)27(32-24-10-4-1-5-11-24)28(36-29)33-25-12-6-2-7-13-25/h1-19,21H/b31-21-,32-27?,33-28?,34-29+. The van der Waals surface area contributed by atoms with E-state index in [4.69, 9.17) is 15.2 Å². The van der Waals surface area contributed by atoms with Crippen LogP contribution in [0.4, 0.5) is 17.1 Å². The maximum absolute atomic E-state index is 9.01.